The van der Waals surface area contributed by atoms with Crippen LogP contribution in [0.15, 0.2) is 24.3 Å². The maximum absolute atomic E-state index is 9.28. The summed E-state index contributed by atoms with van der Waals surface area (Å²) in [6, 6.07) is 6.78. The van der Waals surface area contributed by atoms with Gasteiger partial charge < -0.3 is 10.2 Å². The lowest BCUT2D eigenvalue weighted by Crippen LogP contribution is -2.04. The highest BCUT2D eigenvalue weighted by Crippen LogP contribution is 2.18. The Bertz CT molecular complexity index is 505. The molecule has 0 aliphatic carbocycles. The highest BCUT2D eigenvalue weighted by atomic mass is 16.3. The Kier molecular flexibility index (Phi) is 3.94. The third-order valence-electron chi connectivity index (χ3n) is 2.85. The van der Waals surface area contributed by atoms with Crippen LogP contribution < -0.4 is 0 Å². The first-order valence-corrected chi connectivity index (χ1v) is 6.10. The Morgan fingerprint density at radius 3 is 2.56 bits per heavy atom. The van der Waals surface area contributed by atoms with E-state index in [1.165, 1.54) is 0 Å². The summed E-state index contributed by atoms with van der Waals surface area (Å²) >= 11 is 0. The van der Waals surface area contributed by atoms with E-state index < -0.39 is 0 Å². The molecule has 1 heterocycles. The molecular formula is C13H17N3O2. The molecule has 0 aliphatic heterocycles. The van der Waals surface area contributed by atoms with Crippen LogP contribution in [-0.2, 0) is 13.0 Å². The molecule has 0 spiro atoms. The number of nitrogens with zero attached hydrogens (tertiary/aromatic N) is 3. The highest BCUT2D eigenvalue weighted by molar-refractivity contribution is 5.37. The fourth-order valence-corrected chi connectivity index (χ4v) is 1.85. The molecule has 18 heavy (non-hydrogen) atoms. The smallest absolute Gasteiger partial charge is 0.115 e. The Hall–Kier alpha value is -1.88. The van der Waals surface area contributed by atoms with Crippen LogP contribution in [0.25, 0.3) is 5.69 Å². The molecule has 5 nitrogen and oxygen atoms in total. The van der Waals surface area contributed by atoms with Gasteiger partial charge in [0.15, 0.2) is 0 Å². The normalized spacial score (nSPS) is 10.8. The monoisotopic (exact) mass is 247 g/mol. The molecule has 0 saturated carbocycles. The van der Waals surface area contributed by atoms with Crippen LogP contribution in [-0.4, -0.2) is 25.2 Å². The van der Waals surface area contributed by atoms with E-state index in [-0.39, 0.29) is 12.4 Å². The number of phenolic OH excluding ortho intramolecular Hbond substituents is 1. The highest BCUT2D eigenvalue weighted by Gasteiger charge is 2.12. The van der Waals surface area contributed by atoms with Crippen molar-refractivity contribution in [2.24, 2.45) is 0 Å². The van der Waals surface area contributed by atoms with Crippen molar-refractivity contribution in [3.05, 3.63) is 35.7 Å². The van der Waals surface area contributed by atoms with Gasteiger partial charge in [0, 0.05) is 0 Å². The molecular weight excluding hydrogens is 230 g/mol. The second-order valence-corrected chi connectivity index (χ2v) is 4.17. The van der Waals surface area contributed by atoms with Crippen molar-refractivity contribution < 1.29 is 10.2 Å². The molecule has 2 N–H and O–H groups in total. The third-order valence-corrected chi connectivity index (χ3v) is 2.85. The molecule has 0 aliphatic rings. The quantitative estimate of drug-likeness (QED) is 0.845. The van der Waals surface area contributed by atoms with Crippen molar-refractivity contribution in [3.63, 3.8) is 0 Å². The Labute approximate surface area is 106 Å². The molecule has 0 atom stereocenters. The number of phenols is 1. The van der Waals surface area contributed by atoms with Gasteiger partial charge >= 0.3 is 0 Å². The Morgan fingerprint density at radius 2 is 1.94 bits per heavy atom. The van der Waals surface area contributed by atoms with Gasteiger partial charge in [-0.3, -0.25) is 0 Å². The van der Waals surface area contributed by atoms with E-state index in [9.17, 15) is 10.2 Å². The molecule has 0 saturated heterocycles. The molecule has 5 heteroatoms. The SMILES string of the molecule is CCCCc1c(CO)nnn1-c1ccc(O)cc1. The zero-order valence-electron chi connectivity index (χ0n) is 10.4. The van der Waals surface area contributed by atoms with E-state index in [0.717, 1.165) is 30.6 Å². The van der Waals surface area contributed by atoms with Gasteiger partial charge in [0.1, 0.15) is 11.4 Å². The molecule has 0 bridgehead atoms. The summed E-state index contributed by atoms with van der Waals surface area (Å²) in [7, 11) is 0. The van der Waals surface area contributed by atoms with Crippen molar-refractivity contribution in [2.45, 2.75) is 32.8 Å². The summed E-state index contributed by atoms with van der Waals surface area (Å²) < 4.78 is 1.72. The largest absolute Gasteiger partial charge is 0.508 e. The molecule has 0 radical (unpaired) electrons. The van der Waals surface area contributed by atoms with Crippen LogP contribution in [0.3, 0.4) is 0 Å². The first-order chi connectivity index (χ1) is 8.76. The average molecular weight is 247 g/mol. The van der Waals surface area contributed by atoms with E-state index in [0.29, 0.717) is 5.69 Å². The maximum atomic E-state index is 9.28. The van der Waals surface area contributed by atoms with E-state index >= 15 is 0 Å². The Morgan fingerprint density at radius 1 is 1.22 bits per heavy atom. The summed E-state index contributed by atoms with van der Waals surface area (Å²) in [5.41, 5.74) is 2.40. The number of aliphatic hydroxyl groups excluding tert-OH is 1. The first-order valence-electron chi connectivity index (χ1n) is 6.10. The second-order valence-electron chi connectivity index (χ2n) is 4.17. The zero-order valence-corrected chi connectivity index (χ0v) is 10.4. The molecule has 2 rings (SSSR count). The van der Waals surface area contributed by atoms with Crippen molar-refractivity contribution in [2.75, 3.05) is 0 Å². The van der Waals surface area contributed by atoms with Crippen LogP contribution in [0.4, 0.5) is 0 Å². The first kappa shape index (κ1) is 12.6. The zero-order chi connectivity index (χ0) is 13.0. The van der Waals surface area contributed by atoms with Crippen LogP contribution >= 0.6 is 0 Å². The van der Waals surface area contributed by atoms with Crippen molar-refractivity contribution in [3.8, 4) is 11.4 Å². The van der Waals surface area contributed by atoms with Gasteiger partial charge in [-0.2, -0.15) is 0 Å². The fourth-order valence-electron chi connectivity index (χ4n) is 1.85. The third kappa shape index (κ3) is 2.51. The van der Waals surface area contributed by atoms with Gasteiger partial charge in [0.2, 0.25) is 0 Å². The van der Waals surface area contributed by atoms with Crippen molar-refractivity contribution in [1.82, 2.24) is 15.0 Å². The number of aliphatic hydroxyl groups is 1. The molecule has 0 unspecified atom stereocenters. The predicted molar refractivity (Wildman–Crippen MR) is 67.6 cm³/mol. The number of aromatic nitrogens is 3. The standard InChI is InChI=1S/C13H17N3O2/c1-2-3-4-13-12(9-17)14-15-16(13)10-5-7-11(18)8-6-10/h5-8,17-18H,2-4,9H2,1H3. The van der Waals surface area contributed by atoms with E-state index in [1.54, 1.807) is 28.9 Å². The number of hydrogen-bond acceptors (Lipinski definition) is 4. The predicted octanol–water partition coefficient (Wildman–Crippen LogP) is 1.81. The molecule has 0 fully saturated rings. The summed E-state index contributed by atoms with van der Waals surface area (Å²) in [6.07, 6.45) is 2.93. The Balaban J connectivity index is 2.37. The average Bonchev–Trinajstić information content (AvgIpc) is 2.80. The summed E-state index contributed by atoms with van der Waals surface area (Å²) in [6.45, 7) is 2.02. The van der Waals surface area contributed by atoms with Gasteiger partial charge in [-0.1, -0.05) is 18.6 Å². The minimum absolute atomic E-state index is 0.100. The van der Waals surface area contributed by atoms with Gasteiger partial charge in [-0.15, -0.1) is 5.10 Å². The molecule has 96 valence electrons. The molecule has 1 aromatic heterocycles. The van der Waals surface area contributed by atoms with Crippen molar-refractivity contribution in [1.29, 1.82) is 0 Å². The van der Waals surface area contributed by atoms with Crippen LogP contribution in [0.1, 0.15) is 31.2 Å². The number of hydrogen-bond donors (Lipinski definition) is 2. The number of rotatable bonds is 5. The lowest BCUT2D eigenvalue weighted by atomic mass is 10.1. The summed E-state index contributed by atoms with van der Waals surface area (Å²) in [5, 5.41) is 26.6. The van der Waals surface area contributed by atoms with Gasteiger partial charge in [-0.05, 0) is 37.1 Å². The lowest BCUT2D eigenvalue weighted by molar-refractivity contribution is 0.275. The van der Waals surface area contributed by atoms with Gasteiger partial charge in [0.25, 0.3) is 0 Å². The second kappa shape index (κ2) is 5.64. The van der Waals surface area contributed by atoms with Gasteiger partial charge in [0.05, 0.1) is 18.0 Å². The molecule has 2 aromatic rings. The van der Waals surface area contributed by atoms with Crippen LogP contribution in [0.5, 0.6) is 5.75 Å². The van der Waals surface area contributed by atoms with E-state index in [2.05, 4.69) is 17.2 Å². The van der Waals surface area contributed by atoms with Gasteiger partial charge in [-0.25, -0.2) is 4.68 Å². The lowest BCUT2D eigenvalue weighted by Gasteiger charge is -2.07. The summed E-state index contributed by atoms with van der Waals surface area (Å²) in [5.74, 6) is 0.219. The van der Waals surface area contributed by atoms with E-state index in [1.807, 2.05) is 0 Å². The maximum Gasteiger partial charge on any atom is 0.115 e. The molecule has 0 amide bonds. The fraction of sp³-hybridized carbons (Fsp3) is 0.385. The topological polar surface area (TPSA) is 71.2 Å². The minimum atomic E-state index is -0.100. The number of unbranched alkanes of at least 4 members (excludes halogenated alkanes) is 1. The van der Waals surface area contributed by atoms with E-state index in [4.69, 9.17) is 0 Å². The van der Waals surface area contributed by atoms with Crippen LogP contribution in [0, 0.1) is 0 Å². The number of aromatic hydroxyl groups is 1. The number of benzene rings is 1. The van der Waals surface area contributed by atoms with Crippen LogP contribution in [0.2, 0.25) is 0 Å². The minimum Gasteiger partial charge on any atom is -0.508 e. The molecule has 1 aromatic carbocycles. The van der Waals surface area contributed by atoms with Crippen molar-refractivity contribution >= 4 is 0 Å². The summed E-state index contributed by atoms with van der Waals surface area (Å²) in [4.78, 5) is 0.